The summed E-state index contributed by atoms with van der Waals surface area (Å²) in [5.74, 6) is 0.938. The Morgan fingerprint density at radius 2 is 2.21 bits per heavy atom. The first-order chi connectivity index (χ1) is 6.54. The van der Waals surface area contributed by atoms with Gasteiger partial charge in [0.05, 0.1) is 7.11 Å². The van der Waals surface area contributed by atoms with Gasteiger partial charge in [-0.3, -0.25) is 0 Å². The minimum Gasteiger partial charge on any atom is -0.467 e. The molecule has 1 aliphatic carbocycles. The van der Waals surface area contributed by atoms with E-state index in [1.165, 1.54) is 7.11 Å². The Morgan fingerprint density at radius 3 is 2.57 bits per heavy atom. The van der Waals surface area contributed by atoms with Gasteiger partial charge < -0.3 is 9.47 Å². The Kier molecular flexibility index (Phi) is 1.94. The summed E-state index contributed by atoms with van der Waals surface area (Å²) in [5, 5.41) is 0. The average Bonchev–Trinajstić information content (AvgIpc) is 2.89. The predicted octanol–water partition coefficient (Wildman–Crippen LogP) is 1.75. The van der Waals surface area contributed by atoms with Crippen molar-refractivity contribution in [3.05, 3.63) is 0 Å². The molecule has 4 atom stereocenters. The number of ether oxygens (including phenoxy) is 2. The standard InChI is InChI=1S/C11H18O3/c1-5-10(9(12)13-4)11(14-10)6-7(2)8(11)3/h7-8H,5-6H2,1-4H3. The number of carbonyl (C=O) groups excluding carboxylic acids is 1. The van der Waals surface area contributed by atoms with E-state index < -0.39 is 5.60 Å². The maximum Gasteiger partial charge on any atom is 0.341 e. The highest BCUT2D eigenvalue weighted by Crippen LogP contribution is 2.67. The smallest absolute Gasteiger partial charge is 0.341 e. The molecule has 0 aromatic heterocycles. The minimum atomic E-state index is -0.617. The average molecular weight is 198 g/mol. The van der Waals surface area contributed by atoms with Gasteiger partial charge in [-0.1, -0.05) is 20.8 Å². The van der Waals surface area contributed by atoms with Gasteiger partial charge in [-0.05, 0) is 24.7 Å². The fraction of sp³-hybridized carbons (Fsp3) is 0.909. The van der Waals surface area contributed by atoms with Crippen molar-refractivity contribution in [3.63, 3.8) is 0 Å². The molecule has 14 heavy (non-hydrogen) atoms. The van der Waals surface area contributed by atoms with Crippen LogP contribution < -0.4 is 0 Å². The molecular formula is C11H18O3. The lowest BCUT2D eigenvalue weighted by atomic mass is 9.60. The lowest BCUT2D eigenvalue weighted by Crippen LogP contribution is -2.49. The summed E-state index contributed by atoms with van der Waals surface area (Å²) in [6.45, 7) is 6.35. The van der Waals surface area contributed by atoms with Gasteiger partial charge in [-0.15, -0.1) is 0 Å². The van der Waals surface area contributed by atoms with E-state index in [1.54, 1.807) is 0 Å². The van der Waals surface area contributed by atoms with E-state index in [9.17, 15) is 4.79 Å². The van der Waals surface area contributed by atoms with Crippen LogP contribution in [-0.4, -0.2) is 24.3 Å². The summed E-state index contributed by atoms with van der Waals surface area (Å²) >= 11 is 0. The summed E-state index contributed by atoms with van der Waals surface area (Å²) in [5.41, 5.74) is -0.804. The van der Waals surface area contributed by atoms with Crippen LogP contribution in [-0.2, 0) is 14.3 Å². The number of esters is 1. The quantitative estimate of drug-likeness (QED) is 0.501. The van der Waals surface area contributed by atoms with Crippen molar-refractivity contribution in [2.75, 3.05) is 7.11 Å². The van der Waals surface area contributed by atoms with Gasteiger partial charge >= 0.3 is 5.97 Å². The second kappa shape index (κ2) is 2.72. The predicted molar refractivity (Wildman–Crippen MR) is 51.8 cm³/mol. The summed E-state index contributed by atoms with van der Waals surface area (Å²) in [6, 6.07) is 0. The first-order valence-electron chi connectivity index (χ1n) is 5.32. The molecule has 0 bridgehead atoms. The molecule has 1 saturated heterocycles. The number of hydrogen-bond donors (Lipinski definition) is 0. The molecule has 0 amide bonds. The van der Waals surface area contributed by atoms with Crippen LogP contribution in [0.4, 0.5) is 0 Å². The lowest BCUT2D eigenvalue weighted by Gasteiger charge is -2.40. The molecule has 1 spiro atoms. The van der Waals surface area contributed by atoms with Crippen molar-refractivity contribution >= 4 is 5.97 Å². The SMILES string of the molecule is CCC1(C(=O)OC)OC12CC(C)C2C. The highest BCUT2D eigenvalue weighted by molar-refractivity contribution is 5.85. The molecule has 1 aliphatic heterocycles. The maximum absolute atomic E-state index is 11.6. The molecule has 4 unspecified atom stereocenters. The highest BCUT2D eigenvalue weighted by atomic mass is 16.7. The van der Waals surface area contributed by atoms with E-state index in [0.29, 0.717) is 11.8 Å². The first-order valence-corrected chi connectivity index (χ1v) is 5.32. The molecule has 1 heterocycles. The maximum atomic E-state index is 11.6. The Bertz CT molecular complexity index is 276. The molecular weight excluding hydrogens is 180 g/mol. The van der Waals surface area contributed by atoms with E-state index >= 15 is 0 Å². The molecule has 3 heteroatoms. The number of carbonyl (C=O) groups is 1. The Balaban J connectivity index is 2.18. The lowest BCUT2D eigenvalue weighted by molar-refractivity contribution is -0.147. The molecule has 80 valence electrons. The number of methoxy groups -OCH3 is 1. The van der Waals surface area contributed by atoms with Crippen molar-refractivity contribution in [3.8, 4) is 0 Å². The van der Waals surface area contributed by atoms with Crippen LogP contribution in [0.2, 0.25) is 0 Å². The van der Waals surface area contributed by atoms with Crippen molar-refractivity contribution < 1.29 is 14.3 Å². The Hall–Kier alpha value is -0.570. The van der Waals surface area contributed by atoms with Gasteiger partial charge in [0.15, 0.2) is 5.60 Å². The number of rotatable bonds is 2. The van der Waals surface area contributed by atoms with Gasteiger partial charge in [0.25, 0.3) is 0 Å². The van der Waals surface area contributed by atoms with E-state index in [2.05, 4.69) is 13.8 Å². The largest absolute Gasteiger partial charge is 0.467 e. The molecule has 0 aromatic rings. The van der Waals surface area contributed by atoms with Crippen molar-refractivity contribution in [1.82, 2.24) is 0 Å². The normalized spacial score (nSPS) is 50.0. The molecule has 2 rings (SSSR count). The molecule has 0 radical (unpaired) electrons. The topological polar surface area (TPSA) is 38.8 Å². The van der Waals surface area contributed by atoms with Gasteiger partial charge in [0, 0.05) is 0 Å². The zero-order valence-corrected chi connectivity index (χ0v) is 9.29. The zero-order chi connectivity index (χ0) is 10.6. The molecule has 0 N–H and O–H groups in total. The van der Waals surface area contributed by atoms with Crippen LogP contribution in [0.25, 0.3) is 0 Å². The second-order valence-corrected chi connectivity index (χ2v) is 4.63. The fourth-order valence-corrected chi connectivity index (χ4v) is 2.99. The summed E-state index contributed by atoms with van der Waals surface area (Å²) < 4.78 is 10.6. The third-order valence-corrected chi connectivity index (χ3v) is 4.23. The van der Waals surface area contributed by atoms with Crippen LogP contribution in [0.1, 0.15) is 33.6 Å². The Morgan fingerprint density at radius 1 is 1.57 bits per heavy atom. The number of hydrogen-bond acceptors (Lipinski definition) is 3. The van der Waals surface area contributed by atoms with Crippen LogP contribution in [0.5, 0.6) is 0 Å². The van der Waals surface area contributed by atoms with Crippen molar-refractivity contribution in [2.45, 2.75) is 44.8 Å². The number of epoxide rings is 1. The second-order valence-electron chi connectivity index (χ2n) is 4.63. The van der Waals surface area contributed by atoms with E-state index in [4.69, 9.17) is 9.47 Å². The van der Waals surface area contributed by atoms with Crippen LogP contribution in [0.15, 0.2) is 0 Å². The molecule has 0 aromatic carbocycles. The van der Waals surface area contributed by atoms with Crippen LogP contribution in [0.3, 0.4) is 0 Å². The third kappa shape index (κ3) is 0.842. The molecule has 1 saturated carbocycles. The van der Waals surface area contributed by atoms with E-state index in [0.717, 1.165) is 12.8 Å². The van der Waals surface area contributed by atoms with Gasteiger partial charge in [-0.2, -0.15) is 0 Å². The van der Waals surface area contributed by atoms with E-state index in [-0.39, 0.29) is 11.6 Å². The van der Waals surface area contributed by atoms with Gasteiger partial charge in [-0.25, -0.2) is 4.79 Å². The van der Waals surface area contributed by atoms with Gasteiger partial charge in [0.1, 0.15) is 5.60 Å². The highest BCUT2D eigenvalue weighted by Gasteiger charge is 2.80. The third-order valence-electron chi connectivity index (χ3n) is 4.23. The summed E-state index contributed by atoms with van der Waals surface area (Å²) in [4.78, 5) is 11.6. The van der Waals surface area contributed by atoms with E-state index in [1.807, 2.05) is 6.92 Å². The van der Waals surface area contributed by atoms with Crippen LogP contribution >= 0.6 is 0 Å². The fourth-order valence-electron chi connectivity index (χ4n) is 2.99. The Labute approximate surface area is 84.8 Å². The van der Waals surface area contributed by atoms with Crippen molar-refractivity contribution in [2.24, 2.45) is 11.8 Å². The minimum absolute atomic E-state index is 0.186. The monoisotopic (exact) mass is 198 g/mol. The summed E-state index contributed by atoms with van der Waals surface area (Å²) in [7, 11) is 1.43. The molecule has 3 nitrogen and oxygen atoms in total. The van der Waals surface area contributed by atoms with Gasteiger partial charge in [0.2, 0.25) is 0 Å². The van der Waals surface area contributed by atoms with Crippen LogP contribution in [0, 0.1) is 11.8 Å². The zero-order valence-electron chi connectivity index (χ0n) is 9.29. The first kappa shape index (κ1) is 9.97. The van der Waals surface area contributed by atoms with Crippen molar-refractivity contribution in [1.29, 1.82) is 0 Å². The molecule has 2 aliphatic rings. The molecule has 2 fully saturated rings. The summed E-state index contributed by atoms with van der Waals surface area (Å²) in [6.07, 6.45) is 1.72.